The monoisotopic (exact) mass is 348 g/mol. The highest BCUT2D eigenvalue weighted by atomic mass is 32.2. The molecule has 0 radical (unpaired) electrons. The Labute approximate surface area is 144 Å². The number of amides is 1. The molecule has 2 rings (SSSR count). The minimum atomic E-state index is -1.27. The van der Waals surface area contributed by atoms with Crippen LogP contribution in [0, 0.1) is 0 Å². The number of hydrogen-bond acceptors (Lipinski definition) is 7. The minimum absolute atomic E-state index is 0.106. The van der Waals surface area contributed by atoms with E-state index in [-0.39, 0.29) is 17.7 Å². The van der Waals surface area contributed by atoms with Crippen LogP contribution in [-0.4, -0.2) is 34.1 Å². The summed E-state index contributed by atoms with van der Waals surface area (Å²) in [6, 6.07) is 7.44. The Hall–Kier alpha value is -2.35. The maximum absolute atomic E-state index is 11.6. The van der Waals surface area contributed by atoms with Crippen molar-refractivity contribution >= 4 is 34.5 Å². The van der Waals surface area contributed by atoms with Gasteiger partial charge in [-0.05, 0) is 50.6 Å². The molecule has 0 aliphatic carbocycles. The van der Waals surface area contributed by atoms with Crippen LogP contribution in [0.25, 0.3) is 0 Å². The highest BCUT2D eigenvalue weighted by Gasteiger charge is 2.30. The fraction of sp³-hybridized carbons (Fsp3) is 0.375. The second kappa shape index (κ2) is 7.96. The van der Waals surface area contributed by atoms with Crippen LogP contribution in [0.15, 0.2) is 34.5 Å². The van der Waals surface area contributed by atoms with Gasteiger partial charge in [0.25, 0.3) is 0 Å². The molecule has 0 spiro atoms. The predicted octanol–water partition coefficient (Wildman–Crippen LogP) is 0.925. The van der Waals surface area contributed by atoms with Gasteiger partial charge >= 0.3 is 0 Å². The zero-order valence-corrected chi connectivity index (χ0v) is 14.4. The van der Waals surface area contributed by atoms with Gasteiger partial charge in [-0.25, -0.2) is 0 Å². The van der Waals surface area contributed by atoms with Gasteiger partial charge < -0.3 is 20.0 Å². The third kappa shape index (κ3) is 5.09. The summed E-state index contributed by atoms with van der Waals surface area (Å²) in [5, 5.41) is 20.7. The molecule has 1 aliphatic rings. The van der Waals surface area contributed by atoms with E-state index >= 15 is 0 Å². The number of rotatable bonds is 6. The molecule has 1 aliphatic heterocycles. The number of thioether (sulfide) groups is 1. The summed E-state index contributed by atoms with van der Waals surface area (Å²) < 4.78 is 5.57. The van der Waals surface area contributed by atoms with E-state index in [0.29, 0.717) is 5.71 Å². The zero-order chi connectivity index (χ0) is 17.7. The van der Waals surface area contributed by atoms with E-state index in [1.165, 1.54) is 0 Å². The molecule has 24 heavy (non-hydrogen) atoms. The molecule has 0 saturated carbocycles. The van der Waals surface area contributed by atoms with E-state index in [1.54, 1.807) is 6.92 Å². The van der Waals surface area contributed by atoms with Crippen molar-refractivity contribution in [3.8, 4) is 5.75 Å². The molecule has 1 amide bonds. The number of amidine groups is 1. The number of carbonyl (C=O) groups excluding carboxylic acids is 2. The molecule has 0 aromatic heterocycles. The van der Waals surface area contributed by atoms with Gasteiger partial charge in [0.15, 0.2) is 5.17 Å². The van der Waals surface area contributed by atoms with Crippen molar-refractivity contribution in [1.29, 1.82) is 0 Å². The summed E-state index contributed by atoms with van der Waals surface area (Å²) in [6.45, 7) is 5.71. The van der Waals surface area contributed by atoms with Crippen molar-refractivity contribution in [3.63, 3.8) is 0 Å². The third-order valence-electron chi connectivity index (χ3n) is 3.06. The van der Waals surface area contributed by atoms with Crippen LogP contribution in [0.4, 0.5) is 0 Å². The second-order valence-electron chi connectivity index (χ2n) is 5.45. The zero-order valence-electron chi connectivity index (χ0n) is 13.6. The number of nitrogens with one attached hydrogen (secondary N) is 1. The molecule has 1 atom stereocenters. The number of benzene rings is 1. The average Bonchev–Trinajstić information content (AvgIpc) is 2.84. The largest absolute Gasteiger partial charge is 0.550 e. The molecule has 1 N–H and O–H groups in total. The lowest BCUT2D eigenvalue weighted by molar-refractivity contribution is -0.305. The molecular formula is C16H18N3O4S-. The second-order valence-corrected chi connectivity index (χ2v) is 6.64. The maximum atomic E-state index is 11.6. The molecule has 0 bridgehead atoms. The van der Waals surface area contributed by atoms with Gasteiger partial charge in [0.1, 0.15) is 5.75 Å². The van der Waals surface area contributed by atoms with Gasteiger partial charge in [0, 0.05) is 12.4 Å². The summed E-state index contributed by atoms with van der Waals surface area (Å²) >= 11 is 1.03. The number of hydrogen-bond donors (Lipinski definition) is 1. The van der Waals surface area contributed by atoms with Crippen LogP contribution < -0.4 is 15.2 Å². The number of aliphatic carboxylic acids is 1. The van der Waals surface area contributed by atoms with Crippen molar-refractivity contribution < 1.29 is 19.4 Å². The van der Waals surface area contributed by atoms with Crippen molar-refractivity contribution in [2.24, 2.45) is 10.2 Å². The number of carboxylic acids is 1. The highest BCUT2D eigenvalue weighted by molar-refractivity contribution is 8.15. The molecular weight excluding hydrogens is 330 g/mol. The predicted molar refractivity (Wildman–Crippen MR) is 91.0 cm³/mol. The average molecular weight is 348 g/mol. The van der Waals surface area contributed by atoms with Crippen molar-refractivity contribution in [3.05, 3.63) is 29.8 Å². The van der Waals surface area contributed by atoms with Crippen LogP contribution in [0.1, 0.15) is 32.8 Å². The van der Waals surface area contributed by atoms with Gasteiger partial charge in [-0.1, -0.05) is 11.8 Å². The van der Waals surface area contributed by atoms with Crippen molar-refractivity contribution in [2.45, 2.75) is 38.5 Å². The van der Waals surface area contributed by atoms with Gasteiger partial charge in [0.2, 0.25) is 5.91 Å². The Morgan fingerprint density at radius 2 is 2.04 bits per heavy atom. The Morgan fingerprint density at radius 3 is 2.62 bits per heavy atom. The van der Waals surface area contributed by atoms with E-state index < -0.39 is 17.1 Å². The SMILES string of the molecule is C/C(=N\N=C1/NC(=O)[C@H](CC(=O)[O-])S1)c1ccc(OC(C)C)cc1. The first kappa shape index (κ1) is 18.0. The normalized spacial score (nSPS) is 19.7. The standard InChI is InChI=1S/C16H19N3O4S/c1-9(2)23-12-6-4-11(5-7-12)10(3)18-19-16-17-15(22)13(24-16)8-14(20)21/h4-7,9,13H,8H2,1-3H3,(H,20,21)(H,17,19,22)/p-1/b18-10+/t13-/m0/s1. The summed E-state index contributed by atoms with van der Waals surface area (Å²) in [5.74, 6) is -0.894. The molecule has 8 heteroatoms. The molecule has 128 valence electrons. The van der Waals surface area contributed by atoms with E-state index in [9.17, 15) is 14.7 Å². The van der Waals surface area contributed by atoms with Gasteiger partial charge in [-0.2, -0.15) is 5.10 Å². The third-order valence-corrected chi connectivity index (χ3v) is 4.14. The summed E-state index contributed by atoms with van der Waals surface area (Å²) in [4.78, 5) is 22.2. The van der Waals surface area contributed by atoms with E-state index in [1.807, 2.05) is 38.1 Å². The topological polar surface area (TPSA) is 103 Å². The summed E-state index contributed by atoms with van der Waals surface area (Å²) in [5.41, 5.74) is 1.54. The van der Waals surface area contributed by atoms with E-state index in [0.717, 1.165) is 23.1 Å². The fourth-order valence-electron chi connectivity index (χ4n) is 1.96. The first-order chi connectivity index (χ1) is 11.3. The molecule has 1 aromatic carbocycles. The molecule has 1 saturated heterocycles. The maximum Gasteiger partial charge on any atom is 0.239 e. The van der Waals surface area contributed by atoms with Gasteiger partial charge in [0.05, 0.1) is 17.1 Å². The number of nitrogens with zero attached hydrogens (tertiary/aromatic N) is 2. The van der Waals surface area contributed by atoms with Gasteiger partial charge in [-0.3, -0.25) is 4.79 Å². The number of ether oxygens (including phenoxy) is 1. The first-order valence-corrected chi connectivity index (χ1v) is 8.30. The minimum Gasteiger partial charge on any atom is -0.550 e. The lowest BCUT2D eigenvalue weighted by Crippen LogP contribution is -2.31. The van der Waals surface area contributed by atoms with Crippen LogP contribution in [0.5, 0.6) is 5.75 Å². The molecule has 1 heterocycles. The number of carbonyl (C=O) groups is 2. The quantitative estimate of drug-likeness (QED) is 0.608. The lowest BCUT2D eigenvalue weighted by atomic mass is 10.1. The lowest BCUT2D eigenvalue weighted by Gasteiger charge is -2.09. The van der Waals surface area contributed by atoms with Crippen LogP contribution in [0.2, 0.25) is 0 Å². The molecule has 7 nitrogen and oxygen atoms in total. The van der Waals surface area contributed by atoms with Gasteiger partial charge in [-0.15, -0.1) is 5.10 Å². The molecule has 1 fully saturated rings. The highest BCUT2D eigenvalue weighted by Crippen LogP contribution is 2.22. The van der Waals surface area contributed by atoms with Crippen LogP contribution in [-0.2, 0) is 9.59 Å². The van der Waals surface area contributed by atoms with Crippen molar-refractivity contribution in [1.82, 2.24) is 5.32 Å². The Morgan fingerprint density at radius 1 is 1.38 bits per heavy atom. The summed E-state index contributed by atoms with van der Waals surface area (Å²) in [6.07, 6.45) is -0.246. The Kier molecular flexibility index (Phi) is 5.97. The Balaban J connectivity index is 2.03. The van der Waals surface area contributed by atoms with Crippen LogP contribution >= 0.6 is 11.8 Å². The number of carboxylic acid groups (broad SMARTS) is 1. The Bertz CT molecular complexity index is 683. The van der Waals surface area contributed by atoms with Crippen molar-refractivity contribution in [2.75, 3.05) is 0 Å². The van der Waals surface area contributed by atoms with Crippen LogP contribution in [0.3, 0.4) is 0 Å². The first-order valence-electron chi connectivity index (χ1n) is 7.42. The molecule has 0 unspecified atom stereocenters. The smallest absolute Gasteiger partial charge is 0.239 e. The molecule has 1 aromatic rings. The van der Waals surface area contributed by atoms with E-state index in [4.69, 9.17) is 4.74 Å². The summed E-state index contributed by atoms with van der Waals surface area (Å²) in [7, 11) is 0. The van der Waals surface area contributed by atoms with E-state index in [2.05, 4.69) is 15.5 Å². The fourth-order valence-corrected chi connectivity index (χ4v) is 2.87.